The smallest absolute Gasteiger partial charge is 0.387 e. The molecule has 0 heterocycles. The van der Waals surface area contributed by atoms with Gasteiger partial charge in [-0.3, -0.25) is 0 Å². The molecule has 0 aliphatic rings. The zero-order valence-corrected chi connectivity index (χ0v) is 9.98. The van der Waals surface area contributed by atoms with Gasteiger partial charge in [0.2, 0.25) is 0 Å². The van der Waals surface area contributed by atoms with Crippen LogP contribution in [-0.2, 0) is 0 Å². The Labute approximate surface area is 105 Å². The lowest BCUT2D eigenvalue weighted by atomic mass is 10.2. The molecular formula is C8H3Cl4F2O. The summed E-state index contributed by atoms with van der Waals surface area (Å²) in [6.07, 6.45) is 0. The van der Waals surface area contributed by atoms with Crippen LogP contribution in [0.4, 0.5) is 8.78 Å². The number of hydrogen-bond donors (Lipinski definition) is 0. The Morgan fingerprint density at radius 1 is 0.933 bits per heavy atom. The van der Waals surface area contributed by atoms with Crippen LogP contribution in [0.15, 0.2) is 0 Å². The van der Waals surface area contributed by atoms with Gasteiger partial charge in [-0.2, -0.15) is 8.78 Å². The number of ether oxygens (including phenoxy) is 1. The minimum atomic E-state index is -3.06. The third-order valence-corrected chi connectivity index (χ3v) is 3.27. The zero-order valence-electron chi connectivity index (χ0n) is 6.96. The maximum absolute atomic E-state index is 12.0. The van der Waals surface area contributed by atoms with E-state index in [1.165, 1.54) is 0 Å². The summed E-state index contributed by atoms with van der Waals surface area (Å²) in [5, 5.41) is -0.564. The monoisotopic (exact) mass is 293 g/mol. The van der Waals surface area contributed by atoms with Crippen molar-refractivity contribution in [2.24, 2.45) is 0 Å². The van der Waals surface area contributed by atoms with Crippen molar-refractivity contribution in [1.29, 1.82) is 0 Å². The van der Waals surface area contributed by atoms with Gasteiger partial charge < -0.3 is 4.74 Å². The molecule has 1 radical (unpaired) electrons. The Bertz CT molecular complexity index is 366. The van der Waals surface area contributed by atoms with Gasteiger partial charge in [-0.05, 0) is 12.5 Å². The summed E-state index contributed by atoms with van der Waals surface area (Å²) in [5.41, 5.74) is 0.0865. The second-order valence-electron chi connectivity index (χ2n) is 2.44. The van der Waals surface area contributed by atoms with Crippen molar-refractivity contribution in [3.05, 3.63) is 32.6 Å². The molecule has 0 bridgehead atoms. The van der Waals surface area contributed by atoms with Crippen LogP contribution in [0.2, 0.25) is 20.1 Å². The summed E-state index contributed by atoms with van der Waals surface area (Å²) in [7, 11) is 0. The van der Waals surface area contributed by atoms with E-state index in [2.05, 4.69) is 11.7 Å². The highest BCUT2D eigenvalue weighted by Crippen LogP contribution is 2.45. The van der Waals surface area contributed by atoms with E-state index in [1.54, 1.807) is 0 Å². The van der Waals surface area contributed by atoms with Crippen LogP contribution in [0.1, 0.15) is 5.56 Å². The molecule has 1 aromatic carbocycles. The minimum Gasteiger partial charge on any atom is -0.432 e. The molecule has 0 unspecified atom stereocenters. The SMILES string of the molecule is [CH2]c1c(Cl)c(Cl)c(Cl)c(OC(F)F)c1Cl. The molecule has 15 heavy (non-hydrogen) atoms. The van der Waals surface area contributed by atoms with E-state index in [1.807, 2.05) is 0 Å². The molecule has 1 aromatic rings. The predicted molar refractivity (Wildman–Crippen MR) is 57.6 cm³/mol. The highest BCUT2D eigenvalue weighted by atomic mass is 35.5. The van der Waals surface area contributed by atoms with Gasteiger partial charge in [0, 0.05) is 0 Å². The maximum Gasteiger partial charge on any atom is 0.387 e. The number of benzene rings is 1. The zero-order chi connectivity index (χ0) is 11.7. The van der Waals surface area contributed by atoms with Gasteiger partial charge in [-0.1, -0.05) is 46.4 Å². The van der Waals surface area contributed by atoms with Gasteiger partial charge in [0.15, 0.2) is 5.75 Å². The lowest BCUT2D eigenvalue weighted by Gasteiger charge is -2.13. The normalized spacial score (nSPS) is 10.9. The summed E-state index contributed by atoms with van der Waals surface area (Å²) in [4.78, 5) is 0. The average Bonchev–Trinajstić information content (AvgIpc) is 2.18. The molecule has 1 rings (SSSR count). The Hall–Kier alpha value is 0.0400. The summed E-state index contributed by atoms with van der Waals surface area (Å²) in [6, 6.07) is 0. The van der Waals surface area contributed by atoms with Gasteiger partial charge >= 0.3 is 6.61 Å². The van der Waals surface area contributed by atoms with Gasteiger partial charge in [-0.15, -0.1) is 0 Å². The Balaban J connectivity index is 3.39. The number of alkyl halides is 2. The Morgan fingerprint density at radius 3 is 1.93 bits per heavy atom. The molecule has 0 spiro atoms. The molecular weight excluding hydrogens is 292 g/mol. The summed E-state index contributed by atoms with van der Waals surface area (Å²) < 4.78 is 28.1. The topological polar surface area (TPSA) is 9.23 Å². The largest absolute Gasteiger partial charge is 0.432 e. The molecule has 0 aliphatic carbocycles. The van der Waals surface area contributed by atoms with E-state index in [9.17, 15) is 8.78 Å². The summed E-state index contributed by atoms with van der Waals surface area (Å²) in [5.74, 6) is -0.423. The van der Waals surface area contributed by atoms with Crippen molar-refractivity contribution < 1.29 is 13.5 Å². The third-order valence-electron chi connectivity index (χ3n) is 1.52. The molecule has 7 heteroatoms. The Kier molecular flexibility index (Phi) is 4.29. The fraction of sp³-hybridized carbons (Fsp3) is 0.125. The first-order valence-corrected chi connectivity index (χ1v) is 5.00. The number of halogens is 6. The second-order valence-corrected chi connectivity index (χ2v) is 3.95. The lowest BCUT2D eigenvalue weighted by Crippen LogP contribution is -2.04. The van der Waals surface area contributed by atoms with Crippen molar-refractivity contribution in [3.63, 3.8) is 0 Å². The Morgan fingerprint density at radius 2 is 1.47 bits per heavy atom. The van der Waals surface area contributed by atoms with Crippen LogP contribution >= 0.6 is 46.4 Å². The molecule has 0 fully saturated rings. The first-order chi connectivity index (χ1) is 6.86. The first kappa shape index (κ1) is 13.1. The average molecular weight is 295 g/mol. The summed E-state index contributed by atoms with van der Waals surface area (Å²) in [6.45, 7) is 0.399. The van der Waals surface area contributed by atoms with Crippen LogP contribution in [0.5, 0.6) is 5.75 Å². The minimum absolute atomic E-state index is 0.00767. The third kappa shape index (κ3) is 2.59. The van der Waals surface area contributed by atoms with Crippen molar-refractivity contribution in [2.75, 3.05) is 0 Å². The standard InChI is InChI=1S/C8H3Cl4F2O/c1-2-3(9)5(11)6(12)7(4(2)10)15-8(13)14/h8H,1H2. The second kappa shape index (κ2) is 4.91. The fourth-order valence-corrected chi connectivity index (χ4v) is 1.85. The van der Waals surface area contributed by atoms with Crippen molar-refractivity contribution in [1.82, 2.24) is 0 Å². The molecule has 0 saturated carbocycles. The number of rotatable bonds is 2. The molecule has 0 aliphatic heterocycles. The van der Waals surface area contributed by atoms with E-state index in [-0.39, 0.29) is 25.7 Å². The summed E-state index contributed by atoms with van der Waals surface area (Å²) >= 11 is 22.7. The highest BCUT2D eigenvalue weighted by Gasteiger charge is 2.21. The predicted octanol–water partition coefficient (Wildman–Crippen LogP) is 5.08. The first-order valence-electron chi connectivity index (χ1n) is 3.49. The van der Waals surface area contributed by atoms with Gasteiger partial charge in [0.1, 0.15) is 5.02 Å². The van der Waals surface area contributed by atoms with Crippen molar-refractivity contribution >= 4 is 46.4 Å². The van der Waals surface area contributed by atoms with Gasteiger partial charge in [-0.25, -0.2) is 0 Å². The van der Waals surface area contributed by atoms with E-state index in [0.717, 1.165) is 0 Å². The molecule has 1 nitrogen and oxygen atoms in total. The molecule has 0 N–H and O–H groups in total. The fourth-order valence-electron chi connectivity index (χ4n) is 0.851. The molecule has 0 saturated heterocycles. The molecule has 0 amide bonds. The maximum atomic E-state index is 12.0. The van der Waals surface area contributed by atoms with Crippen LogP contribution in [0.3, 0.4) is 0 Å². The van der Waals surface area contributed by atoms with Crippen LogP contribution in [-0.4, -0.2) is 6.61 Å². The van der Waals surface area contributed by atoms with E-state index < -0.39 is 12.4 Å². The van der Waals surface area contributed by atoms with Crippen molar-refractivity contribution in [3.8, 4) is 5.75 Å². The van der Waals surface area contributed by atoms with Gasteiger partial charge in [0.05, 0.1) is 15.1 Å². The lowest BCUT2D eigenvalue weighted by molar-refractivity contribution is -0.0497. The quantitative estimate of drug-likeness (QED) is 0.546. The van der Waals surface area contributed by atoms with Crippen LogP contribution in [0, 0.1) is 6.92 Å². The van der Waals surface area contributed by atoms with E-state index in [0.29, 0.717) is 0 Å². The molecule has 0 aromatic heterocycles. The van der Waals surface area contributed by atoms with E-state index >= 15 is 0 Å². The van der Waals surface area contributed by atoms with Crippen LogP contribution in [0.25, 0.3) is 0 Å². The van der Waals surface area contributed by atoms with E-state index in [4.69, 9.17) is 46.4 Å². The van der Waals surface area contributed by atoms with Crippen LogP contribution < -0.4 is 4.74 Å². The van der Waals surface area contributed by atoms with Gasteiger partial charge in [0.25, 0.3) is 0 Å². The van der Waals surface area contributed by atoms with Crippen molar-refractivity contribution in [2.45, 2.75) is 6.61 Å². The molecule has 0 atom stereocenters. The molecule has 83 valence electrons. The number of hydrogen-bond acceptors (Lipinski definition) is 1. The highest BCUT2D eigenvalue weighted by molar-refractivity contribution is 6.50.